The maximum absolute atomic E-state index is 11.1. The van der Waals surface area contributed by atoms with E-state index in [1.54, 1.807) is 4.68 Å². The molecule has 2 heterocycles. The lowest BCUT2D eigenvalue weighted by molar-refractivity contribution is -0.767. The molecule has 8 heteroatoms. The summed E-state index contributed by atoms with van der Waals surface area (Å²) < 4.78 is 12.3. The van der Waals surface area contributed by atoms with Crippen LogP contribution in [0.4, 0.5) is 5.88 Å². The lowest BCUT2D eigenvalue weighted by Crippen LogP contribution is -2.47. The number of anilines is 1. The summed E-state index contributed by atoms with van der Waals surface area (Å²) in [5.74, 6) is 0.243. The fourth-order valence-electron chi connectivity index (χ4n) is 2.14. The van der Waals surface area contributed by atoms with Crippen molar-refractivity contribution in [1.82, 2.24) is 15.5 Å². The molecule has 0 atom stereocenters. The van der Waals surface area contributed by atoms with Crippen LogP contribution in [0.2, 0.25) is 0 Å². The molecular weight excluding hydrogens is 262 g/mol. The number of carbonyl (C=O) groups excluding carboxylic acids is 1. The van der Waals surface area contributed by atoms with Gasteiger partial charge < -0.3 is 10.1 Å². The topological polar surface area (TPSA) is 83.5 Å². The first-order valence-electron chi connectivity index (χ1n) is 6.81. The Bertz CT molecular complexity index is 442. The number of hydrogen-bond acceptors (Lipinski definition) is 6. The maximum Gasteiger partial charge on any atom is 0.306 e. The van der Waals surface area contributed by atoms with Crippen LogP contribution in [0.3, 0.4) is 0 Å². The Morgan fingerprint density at radius 3 is 2.85 bits per heavy atom. The zero-order valence-corrected chi connectivity index (χ0v) is 12.0. The van der Waals surface area contributed by atoms with Crippen LogP contribution in [0.1, 0.15) is 12.6 Å². The van der Waals surface area contributed by atoms with Crippen molar-refractivity contribution in [2.45, 2.75) is 20.0 Å². The molecule has 8 nitrogen and oxygen atoms in total. The van der Waals surface area contributed by atoms with E-state index in [-0.39, 0.29) is 5.91 Å². The third-order valence-corrected chi connectivity index (χ3v) is 3.17. The number of ether oxygens (including phenoxy) is 1. The standard InChI is InChI=1S/C12H21N5O3/c1-10(18)14-12-11(9-13-2)17(15-20-12)4-3-16-5-7-19-8-6-16/h13H,3-9H2,1-2H3/p+1. The highest BCUT2D eigenvalue weighted by molar-refractivity contribution is 5.87. The second kappa shape index (κ2) is 7.32. The Labute approximate surface area is 118 Å². The molecule has 0 spiro atoms. The SMILES string of the molecule is CNCc1c(NC(C)=O)on[n+]1CCN1CCOCC1. The van der Waals surface area contributed by atoms with E-state index in [2.05, 4.69) is 20.8 Å². The van der Waals surface area contributed by atoms with Gasteiger partial charge in [0.15, 0.2) is 6.54 Å². The largest absolute Gasteiger partial charge is 0.379 e. The summed E-state index contributed by atoms with van der Waals surface area (Å²) in [7, 11) is 1.84. The summed E-state index contributed by atoms with van der Waals surface area (Å²) in [5, 5.41) is 9.71. The van der Waals surface area contributed by atoms with Gasteiger partial charge in [0.05, 0.1) is 26.3 Å². The highest BCUT2D eigenvalue weighted by Gasteiger charge is 2.25. The van der Waals surface area contributed by atoms with Crippen LogP contribution >= 0.6 is 0 Å². The van der Waals surface area contributed by atoms with Crippen molar-refractivity contribution >= 4 is 11.8 Å². The van der Waals surface area contributed by atoms with E-state index >= 15 is 0 Å². The van der Waals surface area contributed by atoms with Gasteiger partial charge >= 0.3 is 5.88 Å². The minimum Gasteiger partial charge on any atom is -0.379 e. The van der Waals surface area contributed by atoms with Gasteiger partial charge in [-0.3, -0.25) is 19.5 Å². The van der Waals surface area contributed by atoms with E-state index < -0.39 is 0 Å². The molecule has 112 valence electrons. The van der Waals surface area contributed by atoms with Gasteiger partial charge in [-0.2, -0.15) is 0 Å². The highest BCUT2D eigenvalue weighted by atomic mass is 16.5. The van der Waals surface area contributed by atoms with Crippen LogP contribution in [-0.4, -0.2) is 56.0 Å². The molecule has 0 saturated carbocycles. The predicted molar refractivity (Wildman–Crippen MR) is 71.0 cm³/mol. The first kappa shape index (κ1) is 14.9. The van der Waals surface area contributed by atoms with Crippen LogP contribution in [0.15, 0.2) is 4.52 Å². The zero-order valence-electron chi connectivity index (χ0n) is 12.0. The molecule has 0 bridgehead atoms. The molecule has 0 aliphatic carbocycles. The number of carbonyl (C=O) groups is 1. The highest BCUT2D eigenvalue weighted by Crippen LogP contribution is 2.09. The molecule has 1 aliphatic heterocycles. The Kier molecular flexibility index (Phi) is 5.45. The average molecular weight is 284 g/mol. The molecule has 0 aromatic carbocycles. The first-order chi connectivity index (χ1) is 9.70. The van der Waals surface area contributed by atoms with E-state index in [0.29, 0.717) is 12.4 Å². The summed E-state index contributed by atoms with van der Waals surface area (Å²) in [6.07, 6.45) is 0. The molecule has 1 fully saturated rings. The number of rotatable bonds is 6. The molecule has 20 heavy (non-hydrogen) atoms. The number of nitrogens with one attached hydrogen (secondary N) is 2. The number of hydrogen-bond donors (Lipinski definition) is 2. The van der Waals surface area contributed by atoms with Crippen LogP contribution in [-0.2, 0) is 22.6 Å². The molecule has 1 saturated heterocycles. The van der Waals surface area contributed by atoms with Crippen molar-refractivity contribution in [3.8, 4) is 0 Å². The molecule has 2 rings (SSSR count). The summed E-state index contributed by atoms with van der Waals surface area (Å²) in [6, 6.07) is 0. The van der Waals surface area contributed by atoms with Crippen molar-refractivity contribution in [2.24, 2.45) is 0 Å². The fraction of sp³-hybridized carbons (Fsp3) is 0.750. The van der Waals surface area contributed by atoms with Gasteiger partial charge in [-0.1, -0.05) is 0 Å². The summed E-state index contributed by atoms with van der Waals surface area (Å²) in [6.45, 7) is 7.09. The third kappa shape index (κ3) is 3.99. The number of aromatic nitrogens is 2. The third-order valence-electron chi connectivity index (χ3n) is 3.17. The molecule has 0 radical (unpaired) electrons. The summed E-state index contributed by atoms with van der Waals surface area (Å²) >= 11 is 0. The van der Waals surface area contributed by atoms with Gasteiger partial charge in [-0.05, 0) is 11.7 Å². The molecule has 2 N–H and O–H groups in total. The van der Waals surface area contributed by atoms with Crippen LogP contribution < -0.4 is 15.3 Å². The second-order valence-electron chi connectivity index (χ2n) is 4.74. The fourth-order valence-corrected chi connectivity index (χ4v) is 2.14. The smallest absolute Gasteiger partial charge is 0.306 e. The van der Waals surface area contributed by atoms with E-state index in [1.807, 2.05) is 7.05 Å². The van der Waals surface area contributed by atoms with Crippen LogP contribution in [0, 0.1) is 0 Å². The van der Waals surface area contributed by atoms with Crippen molar-refractivity contribution in [3.05, 3.63) is 5.69 Å². The van der Waals surface area contributed by atoms with Crippen molar-refractivity contribution < 1.29 is 18.7 Å². The van der Waals surface area contributed by atoms with Crippen molar-refractivity contribution in [3.63, 3.8) is 0 Å². The van der Waals surface area contributed by atoms with E-state index in [4.69, 9.17) is 9.26 Å². The van der Waals surface area contributed by atoms with E-state index in [1.165, 1.54) is 6.92 Å². The quantitative estimate of drug-likeness (QED) is 0.650. The van der Waals surface area contributed by atoms with Crippen molar-refractivity contribution in [1.29, 1.82) is 0 Å². The first-order valence-corrected chi connectivity index (χ1v) is 6.81. The monoisotopic (exact) mass is 284 g/mol. The van der Waals surface area contributed by atoms with Crippen LogP contribution in [0.5, 0.6) is 0 Å². The number of morpholine rings is 1. The predicted octanol–water partition coefficient (Wildman–Crippen LogP) is -1.03. The molecule has 1 amide bonds. The molecule has 1 aromatic heterocycles. The Balaban J connectivity index is 1.98. The molecule has 0 unspecified atom stereocenters. The van der Waals surface area contributed by atoms with Crippen molar-refractivity contribution in [2.75, 3.05) is 45.2 Å². The average Bonchev–Trinajstić information content (AvgIpc) is 2.80. The van der Waals surface area contributed by atoms with Gasteiger partial charge in [0.1, 0.15) is 0 Å². The number of amides is 1. The minimum atomic E-state index is -0.168. The van der Waals surface area contributed by atoms with Gasteiger partial charge in [0, 0.05) is 20.0 Å². The Morgan fingerprint density at radius 2 is 2.20 bits per heavy atom. The van der Waals surface area contributed by atoms with Gasteiger partial charge in [0.2, 0.25) is 11.2 Å². The van der Waals surface area contributed by atoms with Crippen LogP contribution in [0.25, 0.3) is 0 Å². The maximum atomic E-state index is 11.1. The minimum absolute atomic E-state index is 0.168. The molecular formula is C12H22N5O3+. The van der Waals surface area contributed by atoms with Gasteiger partial charge in [-0.15, -0.1) is 0 Å². The molecule has 1 aromatic rings. The molecule has 1 aliphatic rings. The van der Waals surface area contributed by atoms with E-state index in [9.17, 15) is 4.79 Å². The summed E-state index contributed by atoms with van der Waals surface area (Å²) in [4.78, 5) is 13.5. The van der Waals surface area contributed by atoms with Gasteiger partial charge in [-0.25, -0.2) is 0 Å². The normalized spacial score (nSPS) is 16.3. The lowest BCUT2D eigenvalue weighted by Gasteiger charge is -2.24. The lowest BCUT2D eigenvalue weighted by atomic mass is 10.3. The summed E-state index contributed by atoms with van der Waals surface area (Å²) in [5.41, 5.74) is 0.843. The second-order valence-corrected chi connectivity index (χ2v) is 4.74. The number of nitrogens with zero attached hydrogens (tertiary/aromatic N) is 3. The Morgan fingerprint density at radius 1 is 1.45 bits per heavy atom. The van der Waals surface area contributed by atoms with Gasteiger partial charge in [0.25, 0.3) is 5.69 Å². The Hall–Kier alpha value is -1.51. The zero-order chi connectivity index (χ0) is 14.4. The van der Waals surface area contributed by atoms with E-state index in [0.717, 1.165) is 45.1 Å².